The Labute approximate surface area is 208 Å². The molecular weight excluding hydrogens is 446 g/mol. The molecule has 1 saturated carbocycles. The number of rotatable bonds is 8. The Bertz CT molecular complexity index is 852. The summed E-state index contributed by atoms with van der Waals surface area (Å²) in [5.74, 6) is 2.79. The van der Waals surface area contributed by atoms with Gasteiger partial charge < -0.3 is 9.64 Å². The molecule has 0 radical (unpaired) electrons. The Morgan fingerprint density at radius 2 is 2.03 bits per heavy atom. The van der Waals surface area contributed by atoms with Gasteiger partial charge in [-0.25, -0.2) is 0 Å². The van der Waals surface area contributed by atoms with Crippen LogP contribution in [0.2, 0.25) is 0 Å². The van der Waals surface area contributed by atoms with Gasteiger partial charge in [-0.05, 0) is 94.6 Å². The molecule has 4 atom stereocenters. The van der Waals surface area contributed by atoms with E-state index in [0.717, 1.165) is 30.9 Å². The van der Waals surface area contributed by atoms with Crippen molar-refractivity contribution in [1.82, 2.24) is 4.90 Å². The summed E-state index contributed by atoms with van der Waals surface area (Å²) in [4.78, 5) is 15.2. The number of hydrogen-bond acceptors (Lipinski definition) is 5. The number of ether oxygens (including phenoxy) is 1. The first kappa shape index (κ1) is 24.1. The van der Waals surface area contributed by atoms with Gasteiger partial charge in [-0.2, -0.15) is 0 Å². The molecule has 182 valence electrons. The molecular formula is C28H41NO2S2. The van der Waals surface area contributed by atoms with E-state index in [0.29, 0.717) is 22.6 Å². The third kappa shape index (κ3) is 5.02. The van der Waals surface area contributed by atoms with Gasteiger partial charge in [-0.15, -0.1) is 0 Å². The molecule has 5 rings (SSSR count). The van der Waals surface area contributed by atoms with Gasteiger partial charge in [0.15, 0.2) is 0 Å². The summed E-state index contributed by atoms with van der Waals surface area (Å²) in [5, 5.41) is 0. The van der Waals surface area contributed by atoms with Crippen LogP contribution >= 0.6 is 21.6 Å². The predicted octanol–water partition coefficient (Wildman–Crippen LogP) is 7.16. The number of likely N-dealkylation sites (tertiary alicyclic amines) is 1. The molecule has 0 N–H and O–H groups in total. The van der Waals surface area contributed by atoms with E-state index in [1.54, 1.807) is 0 Å². The van der Waals surface area contributed by atoms with E-state index in [1.165, 1.54) is 81.2 Å². The number of carbonyl (C=O) groups is 1. The molecule has 2 aliphatic carbocycles. The highest BCUT2D eigenvalue weighted by Gasteiger charge is 2.53. The summed E-state index contributed by atoms with van der Waals surface area (Å²) >= 11 is 0. The van der Waals surface area contributed by atoms with Gasteiger partial charge in [0, 0.05) is 28.4 Å². The van der Waals surface area contributed by atoms with Crippen molar-refractivity contribution in [1.29, 1.82) is 0 Å². The number of nitrogens with zero attached hydrogens (tertiary/aromatic N) is 1. The largest absolute Gasteiger partial charge is 0.427 e. The van der Waals surface area contributed by atoms with Gasteiger partial charge in [-0.1, -0.05) is 59.8 Å². The van der Waals surface area contributed by atoms with E-state index in [1.807, 2.05) is 16.9 Å². The van der Waals surface area contributed by atoms with Crippen molar-refractivity contribution in [3.05, 3.63) is 29.3 Å². The summed E-state index contributed by atoms with van der Waals surface area (Å²) in [6.07, 6.45) is 15.6. The van der Waals surface area contributed by atoms with Gasteiger partial charge in [0.25, 0.3) is 0 Å². The molecule has 2 bridgehead atoms. The molecule has 5 heteroatoms. The lowest BCUT2D eigenvalue weighted by molar-refractivity contribution is -0.134. The van der Waals surface area contributed by atoms with Crippen molar-refractivity contribution in [2.24, 2.45) is 5.92 Å². The maximum absolute atomic E-state index is 12.6. The van der Waals surface area contributed by atoms with Crippen LogP contribution in [0.1, 0.15) is 95.1 Å². The van der Waals surface area contributed by atoms with Crippen LogP contribution in [-0.2, 0) is 16.6 Å². The van der Waals surface area contributed by atoms with Crippen molar-refractivity contribution in [2.45, 2.75) is 107 Å². The lowest BCUT2D eigenvalue weighted by Gasteiger charge is -2.58. The SMILES string of the molecule is CN1CC[C@@]23CCCC[C@@H]2[C@@H]1Cc1ccc(OC(=O)CCCCCC[C@]2(C)CCSS2)cc13. The topological polar surface area (TPSA) is 29.5 Å². The molecule has 3 nitrogen and oxygen atoms in total. The number of esters is 1. The second kappa shape index (κ2) is 10.1. The fourth-order valence-corrected chi connectivity index (χ4v) is 10.5. The number of unbranched alkanes of at least 4 members (excludes halogenated alkanes) is 3. The van der Waals surface area contributed by atoms with Crippen molar-refractivity contribution < 1.29 is 9.53 Å². The molecule has 1 aromatic carbocycles. The summed E-state index contributed by atoms with van der Waals surface area (Å²) < 4.78 is 6.35. The smallest absolute Gasteiger partial charge is 0.311 e. The molecule has 0 amide bonds. The van der Waals surface area contributed by atoms with E-state index >= 15 is 0 Å². The second-order valence-electron chi connectivity index (χ2n) is 11.3. The maximum atomic E-state index is 12.6. The maximum Gasteiger partial charge on any atom is 0.311 e. The Morgan fingerprint density at radius 3 is 2.88 bits per heavy atom. The van der Waals surface area contributed by atoms with Crippen molar-refractivity contribution in [3.8, 4) is 5.75 Å². The summed E-state index contributed by atoms with van der Waals surface area (Å²) in [5.41, 5.74) is 3.33. The van der Waals surface area contributed by atoms with Gasteiger partial charge in [0.05, 0.1) is 0 Å². The van der Waals surface area contributed by atoms with E-state index in [4.69, 9.17) is 4.74 Å². The van der Waals surface area contributed by atoms with E-state index in [2.05, 4.69) is 41.8 Å². The molecule has 3 fully saturated rings. The third-order valence-corrected chi connectivity index (χ3v) is 12.5. The molecule has 4 aliphatic rings. The van der Waals surface area contributed by atoms with Crippen LogP contribution in [0, 0.1) is 5.92 Å². The van der Waals surface area contributed by atoms with Crippen LogP contribution in [0.5, 0.6) is 5.75 Å². The van der Waals surface area contributed by atoms with Crippen LogP contribution in [0.25, 0.3) is 0 Å². The lowest BCUT2D eigenvalue weighted by Crippen LogP contribution is -2.59. The zero-order chi connectivity index (χ0) is 22.9. The van der Waals surface area contributed by atoms with E-state index in [-0.39, 0.29) is 5.97 Å². The Morgan fingerprint density at radius 1 is 1.15 bits per heavy atom. The highest BCUT2D eigenvalue weighted by atomic mass is 33.1. The summed E-state index contributed by atoms with van der Waals surface area (Å²) in [7, 11) is 6.42. The molecule has 1 aromatic rings. The standard InChI is InChI=1S/C28H41NO2S2/c1-27(16-18-32-33-27)13-7-4-3-5-10-26(30)31-22-12-11-21-19-25-23-9-6-8-14-28(23,24(21)20-22)15-17-29(25)2/h11-12,20,23,25H,3-10,13-19H2,1-2H3/t23-,25+,27-,28+/m1/s1. The third-order valence-electron chi connectivity index (χ3n) is 9.13. The zero-order valence-corrected chi connectivity index (χ0v) is 22.2. The number of likely N-dealkylation sites (N-methyl/N-ethyl adjacent to an activating group) is 1. The van der Waals surface area contributed by atoms with E-state index < -0.39 is 0 Å². The zero-order valence-electron chi connectivity index (χ0n) is 20.6. The van der Waals surface area contributed by atoms with Crippen molar-refractivity contribution >= 4 is 27.6 Å². The minimum atomic E-state index is -0.0561. The van der Waals surface area contributed by atoms with Crippen LogP contribution < -0.4 is 4.74 Å². The van der Waals surface area contributed by atoms with Gasteiger partial charge >= 0.3 is 5.97 Å². The Kier molecular flexibility index (Phi) is 7.40. The normalized spacial score (nSPS) is 33.4. The second-order valence-corrected chi connectivity index (χ2v) is 14.3. The number of carbonyl (C=O) groups excluding carboxylic acids is 1. The first-order valence-corrected chi connectivity index (χ1v) is 15.7. The Balaban J connectivity index is 1.14. The average molecular weight is 488 g/mol. The molecule has 33 heavy (non-hydrogen) atoms. The quantitative estimate of drug-likeness (QED) is 0.168. The fourth-order valence-electron chi connectivity index (χ4n) is 7.19. The van der Waals surface area contributed by atoms with Crippen LogP contribution in [0.4, 0.5) is 0 Å². The lowest BCUT2D eigenvalue weighted by atomic mass is 9.52. The first-order chi connectivity index (χ1) is 16.0. The highest BCUT2D eigenvalue weighted by molar-refractivity contribution is 8.77. The van der Waals surface area contributed by atoms with Gasteiger partial charge in [0.1, 0.15) is 5.75 Å². The highest BCUT2D eigenvalue weighted by Crippen LogP contribution is 2.56. The van der Waals surface area contributed by atoms with Crippen molar-refractivity contribution in [3.63, 3.8) is 0 Å². The van der Waals surface area contributed by atoms with Crippen LogP contribution in [-0.4, -0.2) is 41.0 Å². The summed E-state index contributed by atoms with van der Waals surface area (Å²) in [6.45, 7) is 3.61. The van der Waals surface area contributed by atoms with Crippen LogP contribution in [0.15, 0.2) is 18.2 Å². The summed E-state index contributed by atoms with van der Waals surface area (Å²) in [6, 6.07) is 7.25. The fraction of sp³-hybridized carbons (Fsp3) is 0.750. The van der Waals surface area contributed by atoms with Crippen molar-refractivity contribution in [2.75, 3.05) is 19.3 Å². The predicted molar refractivity (Wildman–Crippen MR) is 141 cm³/mol. The number of benzene rings is 1. The molecule has 0 unspecified atom stereocenters. The van der Waals surface area contributed by atoms with Crippen LogP contribution in [0.3, 0.4) is 0 Å². The minimum absolute atomic E-state index is 0.0561. The first-order valence-electron chi connectivity index (χ1n) is 13.3. The molecule has 0 aromatic heterocycles. The Hall–Kier alpha value is -0.650. The van der Waals surface area contributed by atoms with Gasteiger partial charge in [0.2, 0.25) is 0 Å². The monoisotopic (exact) mass is 487 g/mol. The number of fused-ring (bicyclic) bond motifs is 1. The average Bonchev–Trinajstić information content (AvgIpc) is 3.25. The molecule has 2 heterocycles. The molecule has 2 saturated heterocycles. The molecule has 0 spiro atoms. The van der Waals surface area contributed by atoms with Gasteiger partial charge in [-0.3, -0.25) is 4.79 Å². The number of piperidine rings is 1. The molecule has 2 aliphatic heterocycles. The van der Waals surface area contributed by atoms with E-state index in [9.17, 15) is 4.79 Å². The number of hydrogen-bond donors (Lipinski definition) is 0. The minimum Gasteiger partial charge on any atom is -0.427 e.